The highest BCUT2D eigenvalue weighted by Crippen LogP contribution is 2.42. The summed E-state index contributed by atoms with van der Waals surface area (Å²) in [6.07, 6.45) is 5.45. The van der Waals surface area contributed by atoms with Crippen LogP contribution in [0, 0.1) is 0 Å². The van der Waals surface area contributed by atoms with Crippen molar-refractivity contribution >= 4 is 5.57 Å². The molecular formula is C21H20O3. The van der Waals surface area contributed by atoms with E-state index in [4.69, 9.17) is 14.2 Å². The van der Waals surface area contributed by atoms with Crippen LogP contribution < -0.4 is 0 Å². The average Bonchev–Trinajstić information content (AvgIpc) is 3.24. The zero-order chi connectivity index (χ0) is 16.4. The van der Waals surface area contributed by atoms with Gasteiger partial charge in [-0.15, -0.1) is 0 Å². The van der Waals surface area contributed by atoms with Crippen molar-refractivity contribution in [1.29, 1.82) is 0 Å². The molecule has 3 nitrogen and oxygen atoms in total. The zero-order valence-corrected chi connectivity index (χ0v) is 13.6. The summed E-state index contributed by atoms with van der Waals surface area (Å²) in [7, 11) is 1.67. The molecular weight excluding hydrogens is 300 g/mol. The Morgan fingerprint density at radius 1 is 1.00 bits per heavy atom. The van der Waals surface area contributed by atoms with Gasteiger partial charge in [-0.1, -0.05) is 60.7 Å². The van der Waals surface area contributed by atoms with Gasteiger partial charge in [0.15, 0.2) is 6.29 Å². The Kier molecular flexibility index (Phi) is 3.97. The lowest BCUT2D eigenvalue weighted by molar-refractivity contribution is -0.218. The Balaban J connectivity index is 1.75. The Hall–Kier alpha value is -2.36. The van der Waals surface area contributed by atoms with E-state index in [-0.39, 0.29) is 6.29 Å². The normalized spacial score (nSPS) is 25.2. The summed E-state index contributed by atoms with van der Waals surface area (Å²) in [6.45, 7) is 0. The molecule has 2 aliphatic rings. The van der Waals surface area contributed by atoms with Crippen LogP contribution in [0.1, 0.15) is 24.0 Å². The molecule has 0 aromatic heterocycles. The molecule has 2 unspecified atom stereocenters. The number of allylic oxidation sites excluding steroid dienone is 1. The summed E-state index contributed by atoms with van der Waals surface area (Å²) >= 11 is 0. The highest BCUT2D eigenvalue weighted by atomic mass is 16.8. The second-order valence-corrected chi connectivity index (χ2v) is 6.04. The molecule has 2 heterocycles. The van der Waals surface area contributed by atoms with E-state index >= 15 is 0 Å². The maximum Gasteiger partial charge on any atom is 0.233 e. The molecule has 3 heteroatoms. The molecule has 1 fully saturated rings. The Labute approximate surface area is 142 Å². The second kappa shape index (κ2) is 6.27. The summed E-state index contributed by atoms with van der Waals surface area (Å²) in [5.74, 6) is 0.148. The monoisotopic (exact) mass is 320 g/mol. The topological polar surface area (TPSA) is 27.7 Å². The van der Waals surface area contributed by atoms with Gasteiger partial charge in [0.1, 0.15) is 5.76 Å². The van der Waals surface area contributed by atoms with Gasteiger partial charge in [0, 0.05) is 25.5 Å². The highest BCUT2D eigenvalue weighted by molar-refractivity contribution is 5.83. The lowest BCUT2D eigenvalue weighted by Gasteiger charge is -2.23. The van der Waals surface area contributed by atoms with E-state index in [0.29, 0.717) is 0 Å². The third kappa shape index (κ3) is 2.77. The Bertz CT molecular complexity index is 723. The van der Waals surface area contributed by atoms with Gasteiger partial charge in [-0.2, -0.15) is 0 Å². The smallest absolute Gasteiger partial charge is 0.233 e. The molecule has 2 aromatic carbocycles. The second-order valence-electron chi connectivity index (χ2n) is 6.04. The van der Waals surface area contributed by atoms with E-state index in [1.807, 2.05) is 48.6 Å². The number of methoxy groups -OCH3 is 1. The number of benzene rings is 2. The van der Waals surface area contributed by atoms with E-state index in [0.717, 1.165) is 35.3 Å². The van der Waals surface area contributed by atoms with Crippen LogP contribution in [0.3, 0.4) is 0 Å². The van der Waals surface area contributed by atoms with Crippen molar-refractivity contribution in [2.45, 2.75) is 24.9 Å². The van der Waals surface area contributed by atoms with Gasteiger partial charge >= 0.3 is 0 Å². The van der Waals surface area contributed by atoms with Crippen molar-refractivity contribution < 1.29 is 14.2 Å². The zero-order valence-electron chi connectivity index (χ0n) is 13.6. The predicted octanol–water partition coefficient (Wildman–Crippen LogP) is 4.51. The summed E-state index contributed by atoms with van der Waals surface area (Å²) in [6, 6.07) is 20.6. The van der Waals surface area contributed by atoms with Crippen molar-refractivity contribution in [3.8, 4) is 0 Å². The SMILES string of the molecule is COC1CCC2(C=CC(=C(c3ccccc3)c3ccccc3)O2)O1. The largest absolute Gasteiger partial charge is 0.458 e. The first-order valence-corrected chi connectivity index (χ1v) is 8.24. The molecule has 1 spiro atoms. The van der Waals surface area contributed by atoms with Crippen molar-refractivity contribution in [2.75, 3.05) is 7.11 Å². The van der Waals surface area contributed by atoms with Crippen LogP contribution in [0.25, 0.3) is 5.57 Å². The molecule has 0 radical (unpaired) electrons. The minimum atomic E-state index is -0.690. The van der Waals surface area contributed by atoms with E-state index in [1.54, 1.807) is 7.11 Å². The first-order valence-electron chi connectivity index (χ1n) is 8.24. The van der Waals surface area contributed by atoms with E-state index < -0.39 is 5.79 Å². The van der Waals surface area contributed by atoms with Gasteiger partial charge in [0.05, 0.1) is 0 Å². The fourth-order valence-corrected chi connectivity index (χ4v) is 3.28. The minimum Gasteiger partial charge on any atom is -0.458 e. The van der Waals surface area contributed by atoms with Crippen molar-refractivity contribution in [3.63, 3.8) is 0 Å². The van der Waals surface area contributed by atoms with Crippen molar-refractivity contribution in [1.82, 2.24) is 0 Å². The summed E-state index contributed by atoms with van der Waals surface area (Å²) in [5, 5.41) is 0. The van der Waals surface area contributed by atoms with Crippen LogP contribution in [0.5, 0.6) is 0 Å². The van der Waals surface area contributed by atoms with E-state index in [9.17, 15) is 0 Å². The standard InChI is InChI=1S/C21H20O3/c1-22-19-13-15-21(24-19)14-12-18(23-21)20(16-8-4-2-5-9-16)17-10-6-3-7-11-17/h2-12,14,19H,13,15H2,1H3. The maximum absolute atomic E-state index is 6.28. The van der Waals surface area contributed by atoms with Crippen LogP contribution in [0.15, 0.2) is 78.6 Å². The molecule has 2 aromatic rings. The van der Waals surface area contributed by atoms with Gasteiger partial charge in [0.2, 0.25) is 5.79 Å². The fourth-order valence-electron chi connectivity index (χ4n) is 3.28. The maximum atomic E-state index is 6.28. The van der Waals surface area contributed by atoms with Crippen LogP contribution >= 0.6 is 0 Å². The Morgan fingerprint density at radius 3 is 2.17 bits per heavy atom. The molecule has 2 aliphatic heterocycles. The van der Waals surface area contributed by atoms with Gasteiger partial charge in [-0.05, 0) is 23.3 Å². The first-order chi connectivity index (χ1) is 11.8. The number of hydrogen-bond acceptors (Lipinski definition) is 3. The predicted molar refractivity (Wildman–Crippen MR) is 93.0 cm³/mol. The molecule has 4 rings (SSSR count). The van der Waals surface area contributed by atoms with E-state index in [1.165, 1.54) is 0 Å². The highest BCUT2D eigenvalue weighted by Gasteiger charge is 2.44. The molecule has 0 bridgehead atoms. The van der Waals surface area contributed by atoms with Crippen LogP contribution in [0.4, 0.5) is 0 Å². The summed E-state index contributed by atoms with van der Waals surface area (Å²) in [4.78, 5) is 0. The number of hydrogen-bond donors (Lipinski definition) is 0. The lowest BCUT2D eigenvalue weighted by Crippen LogP contribution is -2.27. The third-order valence-corrected chi connectivity index (χ3v) is 4.47. The minimum absolute atomic E-state index is 0.203. The molecule has 0 N–H and O–H groups in total. The molecule has 0 amide bonds. The van der Waals surface area contributed by atoms with Crippen molar-refractivity contribution in [3.05, 3.63) is 89.7 Å². The lowest BCUT2D eigenvalue weighted by atomic mass is 9.97. The van der Waals surface area contributed by atoms with Gasteiger partial charge in [0.25, 0.3) is 0 Å². The molecule has 122 valence electrons. The van der Waals surface area contributed by atoms with Gasteiger partial charge < -0.3 is 14.2 Å². The quantitative estimate of drug-likeness (QED) is 0.832. The molecule has 0 aliphatic carbocycles. The van der Waals surface area contributed by atoms with Crippen LogP contribution in [0.2, 0.25) is 0 Å². The van der Waals surface area contributed by atoms with Crippen LogP contribution in [-0.4, -0.2) is 19.2 Å². The van der Waals surface area contributed by atoms with Crippen molar-refractivity contribution in [2.24, 2.45) is 0 Å². The third-order valence-electron chi connectivity index (χ3n) is 4.47. The number of ether oxygens (including phenoxy) is 3. The molecule has 2 atom stereocenters. The number of rotatable bonds is 3. The first kappa shape index (κ1) is 15.2. The summed E-state index contributed by atoms with van der Waals surface area (Å²) in [5.41, 5.74) is 3.33. The Morgan fingerprint density at radius 2 is 1.62 bits per heavy atom. The summed E-state index contributed by atoms with van der Waals surface area (Å²) < 4.78 is 17.5. The van der Waals surface area contributed by atoms with Gasteiger partial charge in [-0.25, -0.2) is 0 Å². The molecule has 0 saturated carbocycles. The van der Waals surface area contributed by atoms with Crippen LogP contribution in [-0.2, 0) is 14.2 Å². The van der Waals surface area contributed by atoms with Gasteiger partial charge in [-0.3, -0.25) is 0 Å². The average molecular weight is 320 g/mol. The molecule has 1 saturated heterocycles. The fraction of sp³-hybridized carbons (Fsp3) is 0.238. The molecule has 24 heavy (non-hydrogen) atoms. The van der Waals surface area contributed by atoms with E-state index in [2.05, 4.69) is 24.3 Å².